The molecular weight excluding hydrogens is 282 g/mol. The predicted octanol–water partition coefficient (Wildman–Crippen LogP) is 4.83. The van der Waals surface area contributed by atoms with Crippen LogP contribution in [-0.4, -0.2) is 9.78 Å². The molecule has 1 heterocycles. The Balaban J connectivity index is 1.57. The van der Waals surface area contributed by atoms with Crippen LogP contribution in [0, 0.1) is 0 Å². The molecule has 0 spiro atoms. The van der Waals surface area contributed by atoms with Gasteiger partial charge in [-0.3, -0.25) is 4.68 Å². The van der Waals surface area contributed by atoms with Gasteiger partial charge in [0.05, 0.1) is 18.4 Å². The highest BCUT2D eigenvalue weighted by molar-refractivity contribution is 5.95. The molecule has 0 saturated heterocycles. The van der Waals surface area contributed by atoms with E-state index in [1.165, 1.54) is 16.3 Å². The van der Waals surface area contributed by atoms with Crippen LogP contribution in [0.1, 0.15) is 5.56 Å². The van der Waals surface area contributed by atoms with Gasteiger partial charge in [0.2, 0.25) is 0 Å². The van der Waals surface area contributed by atoms with Crippen LogP contribution in [0.2, 0.25) is 0 Å². The summed E-state index contributed by atoms with van der Waals surface area (Å²) < 4.78 is 1.95. The van der Waals surface area contributed by atoms with Crippen molar-refractivity contribution in [2.75, 3.05) is 5.32 Å². The Hall–Kier alpha value is -3.07. The molecule has 0 bridgehead atoms. The molecule has 23 heavy (non-hydrogen) atoms. The van der Waals surface area contributed by atoms with Crippen LogP contribution in [0.4, 0.5) is 11.4 Å². The monoisotopic (exact) mass is 299 g/mol. The van der Waals surface area contributed by atoms with Crippen LogP contribution in [-0.2, 0) is 6.54 Å². The van der Waals surface area contributed by atoms with Crippen molar-refractivity contribution in [3.8, 4) is 0 Å². The first-order valence-corrected chi connectivity index (χ1v) is 7.70. The third kappa shape index (κ3) is 2.94. The van der Waals surface area contributed by atoms with E-state index in [-0.39, 0.29) is 0 Å². The molecule has 0 amide bonds. The van der Waals surface area contributed by atoms with E-state index < -0.39 is 0 Å². The van der Waals surface area contributed by atoms with E-state index in [2.05, 4.69) is 65.0 Å². The Kier molecular flexibility index (Phi) is 3.53. The number of fused-ring (bicyclic) bond motifs is 1. The zero-order valence-electron chi connectivity index (χ0n) is 12.7. The second kappa shape index (κ2) is 5.97. The predicted molar refractivity (Wildman–Crippen MR) is 95.0 cm³/mol. The Bertz CT molecular complexity index is 920. The van der Waals surface area contributed by atoms with E-state index in [1.807, 2.05) is 35.3 Å². The van der Waals surface area contributed by atoms with Gasteiger partial charge in [0.15, 0.2) is 0 Å². The molecule has 3 heteroatoms. The summed E-state index contributed by atoms with van der Waals surface area (Å²) in [6.07, 6.45) is 3.90. The van der Waals surface area contributed by atoms with Gasteiger partial charge >= 0.3 is 0 Å². The van der Waals surface area contributed by atoms with E-state index >= 15 is 0 Å². The fraction of sp³-hybridized carbons (Fsp3) is 0.0500. The van der Waals surface area contributed by atoms with Crippen LogP contribution in [0.3, 0.4) is 0 Å². The summed E-state index contributed by atoms with van der Waals surface area (Å²) in [6, 6.07) is 25.0. The van der Waals surface area contributed by atoms with Crippen LogP contribution < -0.4 is 5.32 Å². The summed E-state index contributed by atoms with van der Waals surface area (Å²) in [4.78, 5) is 0. The quantitative estimate of drug-likeness (QED) is 0.585. The van der Waals surface area contributed by atoms with Crippen molar-refractivity contribution in [1.82, 2.24) is 9.78 Å². The molecule has 0 radical (unpaired) electrons. The van der Waals surface area contributed by atoms with Crippen LogP contribution in [0.15, 0.2) is 85.2 Å². The van der Waals surface area contributed by atoms with Crippen molar-refractivity contribution >= 4 is 22.1 Å². The molecule has 0 aliphatic rings. The van der Waals surface area contributed by atoms with Gasteiger partial charge in [-0.15, -0.1) is 0 Å². The van der Waals surface area contributed by atoms with Crippen molar-refractivity contribution in [1.29, 1.82) is 0 Å². The average Bonchev–Trinajstić information content (AvgIpc) is 3.03. The normalized spacial score (nSPS) is 10.8. The third-order valence-electron chi connectivity index (χ3n) is 3.89. The van der Waals surface area contributed by atoms with Gasteiger partial charge in [0, 0.05) is 17.3 Å². The summed E-state index contributed by atoms with van der Waals surface area (Å²) >= 11 is 0. The van der Waals surface area contributed by atoms with Gasteiger partial charge in [-0.2, -0.15) is 5.10 Å². The molecule has 112 valence electrons. The number of hydrogen-bond donors (Lipinski definition) is 1. The maximum atomic E-state index is 4.44. The lowest BCUT2D eigenvalue weighted by Gasteiger charge is -2.07. The van der Waals surface area contributed by atoms with Crippen molar-refractivity contribution < 1.29 is 0 Å². The van der Waals surface area contributed by atoms with E-state index in [0.29, 0.717) is 0 Å². The van der Waals surface area contributed by atoms with E-state index in [0.717, 1.165) is 17.9 Å². The fourth-order valence-corrected chi connectivity index (χ4v) is 2.77. The zero-order valence-corrected chi connectivity index (χ0v) is 12.7. The smallest absolute Gasteiger partial charge is 0.0770 e. The van der Waals surface area contributed by atoms with E-state index in [4.69, 9.17) is 0 Å². The minimum atomic E-state index is 0.776. The third-order valence-corrected chi connectivity index (χ3v) is 3.89. The molecule has 1 aromatic heterocycles. The second-order valence-electron chi connectivity index (χ2n) is 5.56. The van der Waals surface area contributed by atoms with Gasteiger partial charge in [0.1, 0.15) is 0 Å². The number of aromatic nitrogens is 2. The highest BCUT2D eigenvalue weighted by atomic mass is 15.3. The zero-order chi connectivity index (χ0) is 15.5. The van der Waals surface area contributed by atoms with E-state index in [9.17, 15) is 0 Å². The molecule has 3 aromatic carbocycles. The maximum Gasteiger partial charge on any atom is 0.0770 e. The molecule has 3 nitrogen and oxygen atoms in total. The number of anilines is 2. The van der Waals surface area contributed by atoms with Crippen molar-refractivity contribution in [2.45, 2.75) is 6.54 Å². The lowest BCUT2D eigenvalue weighted by molar-refractivity contribution is 0.687. The lowest BCUT2D eigenvalue weighted by atomic mass is 10.1. The van der Waals surface area contributed by atoms with Gasteiger partial charge in [-0.1, -0.05) is 66.7 Å². The number of hydrogen-bond acceptors (Lipinski definition) is 2. The molecule has 0 atom stereocenters. The molecule has 0 saturated carbocycles. The second-order valence-corrected chi connectivity index (χ2v) is 5.56. The first-order chi connectivity index (χ1) is 11.4. The first-order valence-electron chi connectivity index (χ1n) is 7.70. The Morgan fingerprint density at radius 1 is 0.826 bits per heavy atom. The van der Waals surface area contributed by atoms with Crippen LogP contribution >= 0.6 is 0 Å². The topological polar surface area (TPSA) is 29.9 Å². The summed E-state index contributed by atoms with van der Waals surface area (Å²) in [6.45, 7) is 0.776. The maximum absolute atomic E-state index is 4.44. The molecule has 0 aliphatic heterocycles. The summed E-state index contributed by atoms with van der Waals surface area (Å²) in [5.74, 6) is 0. The molecular formula is C20H17N3. The van der Waals surface area contributed by atoms with Crippen LogP contribution in [0.25, 0.3) is 10.8 Å². The minimum Gasteiger partial charge on any atom is -0.352 e. The molecule has 1 N–H and O–H groups in total. The summed E-state index contributed by atoms with van der Waals surface area (Å²) in [5, 5.41) is 10.4. The Morgan fingerprint density at radius 3 is 2.52 bits per heavy atom. The summed E-state index contributed by atoms with van der Waals surface area (Å²) in [5.41, 5.74) is 3.34. The molecule has 0 aliphatic carbocycles. The molecule has 0 fully saturated rings. The highest BCUT2D eigenvalue weighted by Crippen LogP contribution is 2.26. The van der Waals surface area contributed by atoms with Gasteiger partial charge in [-0.25, -0.2) is 0 Å². The number of nitrogens with one attached hydrogen (secondary N) is 1. The van der Waals surface area contributed by atoms with Crippen molar-refractivity contribution in [3.05, 3.63) is 90.8 Å². The Labute approximate surface area is 135 Å². The standard InChI is InChI=1S/C20H17N3/c1-2-7-16(8-3-1)14-23-15-18(13-21-23)22-20-12-6-10-17-9-4-5-11-19(17)20/h1-13,15,22H,14H2. The van der Waals surface area contributed by atoms with Crippen molar-refractivity contribution in [3.63, 3.8) is 0 Å². The van der Waals surface area contributed by atoms with Gasteiger partial charge < -0.3 is 5.32 Å². The van der Waals surface area contributed by atoms with Gasteiger partial charge in [0.25, 0.3) is 0 Å². The molecule has 4 rings (SSSR count). The lowest BCUT2D eigenvalue weighted by Crippen LogP contribution is -1.99. The largest absolute Gasteiger partial charge is 0.352 e. The molecule has 4 aromatic rings. The average molecular weight is 299 g/mol. The molecule has 0 unspecified atom stereocenters. The first kappa shape index (κ1) is 13.6. The fourth-order valence-electron chi connectivity index (χ4n) is 2.77. The minimum absolute atomic E-state index is 0.776. The number of nitrogens with zero attached hydrogens (tertiary/aromatic N) is 2. The Morgan fingerprint density at radius 2 is 1.61 bits per heavy atom. The van der Waals surface area contributed by atoms with Crippen LogP contribution in [0.5, 0.6) is 0 Å². The van der Waals surface area contributed by atoms with E-state index in [1.54, 1.807) is 0 Å². The summed E-state index contributed by atoms with van der Waals surface area (Å²) in [7, 11) is 0. The highest BCUT2D eigenvalue weighted by Gasteiger charge is 2.03. The number of benzene rings is 3. The van der Waals surface area contributed by atoms with Gasteiger partial charge in [-0.05, 0) is 17.0 Å². The number of rotatable bonds is 4. The SMILES string of the molecule is c1ccc(Cn2cc(Nc3cccc4ccccc34)cn2)cc1. The van der Waals surface area contributed by atoms with Crippen molar-refractivity contribution in [2.24, 2.45) is 0 Å².